The van der Waals surface area contributed by atoms with E-state index in [1.54, 1.807) is 20.3 Å². The lowest BCUT2D eigenvalue weighted by Gasteiger charge is -2.20. The molecule has 1 atom stereocenters. The number of H-pyrrole nitrogens is 1. The van der Waals surface area contributed by atoms with E-state index in [4.69, 9.17) is 9.47 Å². The van der Waals surface area contributed by atoms with Crippen LogP contribution in [-0.4, -0.2) is 34.2 Å². The lowest BCUT2D eigenvalue weighted by Crippen LogP contribution is -2.29. The van der Waals surface area contributed by atoms with Crippen LogP contribution in [0.25, 0.3) is 10.9 Å². The average Bonchev–Trinajstić information content (AvgIpc) is 3.23. The average molecular weight is 455 g/mol. The van der Waals surface area contributed by atoms with Crippen molar-refractivity contribution >= 4 is 20.9 Å². The van der Waals surface area contributed by atoms with Crippen LogP contribution in [0.15, 0.2) is 77.8 Å². The Balaban J connectivity index is 1.76. The van der Waals surface area contributed by atoms with Gasteiger partial charge in [-0.15, -0.1) is 0 Å². The summed E-state index contributed by atoms with van der Waals surface area (Å²) in [6.45, 7) is 0.0218. The minimum Gasteiger partial charge on any atom is -0.493 e. The van der Waals surface area contributed by atoms with Gasteiger partial charge in [-0.25, -0.2) is 17.5 Å². The van der Waals surface area contributed by atoms with Crippen LogP contribution in [0.2, 0.25) is 0 Å². The van der Waals surface area contributed by atoms with Gasteiger partial charge in [0.15, 0.2) is 11.5 Å². The molecule has 0 aliphatic heterocycles. The predicted molar refractivity (Wildman–Crippen MR) is 121 cm³/mol. The zero-order valence-electron chi connectivity index (χ0n) is 17.6. The van der Waals surface area contributed by atoms with Crippen molar-refractivity contribution in [2.45, 2.75) is 10.8 Å². The Morgan fingerprint density at radius 1 is 0.969 bits per heavy atom. The topological polar surface area (TPSA) is 80.4 Å². The van der Waals surface area contributed by atoms with E-state index in [-0.39, 0.29) is 17.4 Å². The molecule has 0 saturated carbocycles. The third-order valence-corrected chi connectivity index (χ3v) is 6.87. The van der Waals surface area contributed by atoms with Gasteiger partial charge < -0.3 is 14.5 Å². The molecule has 0 aliphatic carbocycles. The van der Waals surface area contributed by atoms with Crippen LogP contribution < -0.4 is 14.2 Å². The molecule has 1 heterocycles. The molecule has 0 amide bonds. The van der Waals surface area contributed by atoms with Gasteiger partial charge in [-0.2, -0.15) is 0 Å². The fraction of sp³-hybridized carbons (Fsp3) is 0.167. The maximum absolute atomic E-state index is 14.1. The van der Waals surface area contributed by atoms with E-state index in [1.165, 1.54) is 18.2 Å². The number of hydrogen-bond donors (Lipinski definition) is 2. The van der Waals surface area contributed by atoms with Crippen molar-refractivity contribution in [3.05, 3.63) is 89.9 Å². The molecule has 0 radical (unpaired) electrons. The summed E-state index contributed by atoms with van der Waals surface area (Å²) in [5, 5.41) is 0.970. The summed E-state index contributed by atoms with van der Waals surface area (Å²) in [5.41, 5.74) is 2.66. The second kappa shape index (κ2) is 9.02. The van der Waals surface area contributed by atoms with Crippen molar-refractivity contribution in [3.63, 3.8) is 0 Å². The van der Waals surface area contributed by atoms with E-state index >= 15 is 0 Å². The lowest BCUT2D eigenvalue weighted by atomic mass is 9.91. The zero-order chi connectivity index (χ0) is 22.7. The number of benzene rings is 3. The number of ether oxygens (including phenoxy) is 2. The highest BCUT2D eigenvalue weighted by molar-refractivity contribution is 7.89. The minimum absolute atomic E-state index is 0.0218. The lowest BCUT2D eigenvalue weighted by molar-refractivity contribution is 0.354. The number of sulfonamides is 1. The van der Waals surface area contributed by atoms with E-state index in [9.17, 15) is 12.8 Å². The van der Waals surface area contributed by atoms with Crippen LogP contribution in [0.3, 0.4) is 0 Å². The van der Waals surface area contributed by atoms with Crippen molar-refractivity contribution in [2.24, 2.45) is 0 Å². The number of aromatic amines is 1. The molecule has 8 heteroatoms. The standard InChI is InChI=1S/C24H23FN2O4S/c1-30-22-12-11-16(13-23(22)31-2)18(19-14-26-21-9-5-3-7-17(19)21)15-27-32(28,29)24-10-6-4-8-20(24)25/h3-14,18,26-27H,15H2,1-2H3/t18-/m0/s1. The first-order chi connectivity index (χ1) is 15.4. The highest BCUT2D eigenvalue weighted by Gasteiger charge is 2.24. The Labute approximate surface area is 186 Å². The number of fused-ring (bicyclic) bond motifs is 1. The van der Waals surface area contributed by atoms with E-state index < -0.39 is 15.8 Å². The van der Waals surface area contributed by atoms with E-state index in [0.29, 0.717) is 11.5 Å². The molecule has 3 aromatic carbocycles. The van der Waals surface area contributed by atoms with E-state index in [1.807, 2.05) is 42.6 Å². The predicted octanol–water partition coefficient (Wildman–Crippen LogP) is 4.43. The Hall–Kier alpha value is -3.36. The van der Waals surface area contributed by atoms with Crippen LogP contribution in [0.4, 0.5) is 4.39 Å². The van der Waals surface area contributed by atoms with Crippen LogP contribution in [-0.2, 0) is 10.0 Å². The number of para-hydroxylation sites is 1. The summed E-state index contributed by atoms with van der Waals surface area (Å²) in [5.74, 6) is -0.0602. The zero-order valence-corrected chi connectivity index (χ0v) is 18.4. The van der Waals surface area contributed by atoms with Gasteiger partial charge in [0.1, 0.15) is 10.7 Å². The van der Waals surface area contributed by atoms with Crippen molar-refractivity contribution in [3.8, 4) is 11.5 Å². The number of hydrogen-bond acceptors (Lipinski definition) is 4. The maximum Gasteiger partial charge on any atom is 0.243 e. The number of nitrogens with one attached hydrogen (secondary N) is 2. The first kappa shape index (κ1) is 21.9. The van der Waals surface area contributed by atoms with Crippen molar-refractivity contribution in [1.29, 1.82) is 0 Å². The molecule has 1 aromatic heterocycles. The van der Waals surface area contributed by atoms with Gasteiger partial charge in [0, 0.05) is 29.6 Å². The fourth-order valence-electron chi connectivity index (χ4n) is 3.79. The van der Waals surface area contributed by atoms with Crippen molar-refractivity contribution in [1.82, 2.24) is 9.71 Å². The van der Waals surface area contributed by atoms with Gasteiger partial charge in [-0.05, 0) is 41.5 Å². The molecule has 0 aliphatic rings. The summed E-state index contributed by atoms with van der Waals surface area (Å²) in [7, 11) is -0.960. The summed E-state index contributed by atoms with van der Waals surface area (Å²) in [6.07, 6.45) is 1.86. The van der Waals surface area contributed by atoms with Gasteiger partial charge in [0.2, 0.25) is 10.0 Å². The summed E-state index contributed by atoms with van der Waals surface area (Å²) >= 11 is 0. The molecule has 32 heavy (non-hydrogen) atoms. The molecule has 0 saturated heterocycles. The first-order valence-electron chi connectivity index (χ1n) is 9.96. The summed E-state index contributed by atoms with van der Waals surface area (Å²) < 4.78 is 53.2. The number of rotatable bonds is 8. The molecule has 0 unspecified atom stereocenters. The SMILES string of the molecule is COc1ccc([C@H](CNS(=O)(=O)c2ccccc2F)c2c[nH]c3ccccc23)cc1OC. The molecule has 2 N–H and O–H groups in total. The Kier molecular flexibility index (Phi) is 6.16. The van der Waals surface area contributed by atoms with Gasteiger partial charge in [0.25, 0.3) is 0 Å². The fourth-order valence-corrected chi connectivity index (χ4v) is 4.92. The van der Waals surface area contributed by atoms with E-state index in [2.05, 4.69) is 9.71 Å². The first-order valence-corrected chi connectivity index (χ1v) is 11.4. The van der Waals surface area contributed by atoms with Gasteiger partial charge >= 0.3 is 0 Å². The number of methoxy groups -OCH3 is 2. The second-order valence-corrected chi connectivity index (χ2v) is 8.97. The molecule has 4 rings (SSSR count). The molecule has 0 fully saturated rings. The molecular weight excluding hydrogens is 431 g/mol. The smallest absolute Gasteiger partial charge is 0.243 e. The number of aromatic nitrogens is 1. The monoisotopic (exact) mass is 454 g/mol. The van der Waals surface area contributed by atoms with Gasteiger partial charge in [-0.1, -0.05) is 36.4 Å². The Morgan fingerprint density at radius 2 is 1.69 bits per heavy atom. The van der Waals surface area contributed by atoms with Crippen LogP contribution in [0.5, 0.6) is 11.5 Å². The van der Waals surface area contributed by atoms with Crippen LogP contribution in [0, 0.1) is 5.82 Å². The molecule has 6 nitrogen and oxygen atoms in total. The summed E-state index contributed by atoms with van der Waals surface area (Å²) in [4.78, 5) is 2.85. The van der Waals surface area contributed by atoms with Gasteiger partial charge in [-0.3, -0.25) is 0 Å². The largest absolute Gasteiger partial charge is 0.493 e. The third-order valence-electron chi connectivity index (χ3n) is 5.41. The Morgan fingerprint density at radius 3 is 2.44 bits per heavy atom. The quantitative estimate of drug-likeness (QED) is 0.413. The molecule has 0 bridgehead atoms. The molecule has 0 spiro atoms. The molecule has 166 valence electrons. The summed E-state index contributed by atoms with van der Waals surface area (Å²) in [6, 6.07) is 18.6. The van der Waals surface area contributed by atoms with Crippen molar-refractivity contribution < 1.29 is 22.3 Å². The highest BCUT2D eigenvalue weighted by Crippen LogP contribution is 2.36. The molecular formula is C24H23FN2O4S. The minimum atomic E-state index is -4.06. The van der Waals surface area contributed by atoms with E-state index in [0.717, 1.165) is 28.1 Å². The van der Waals surface area contributed by atoms with Gasteiger partial charge in [0.05, 0.1) is 14.2 Å². The van der Waals surface area contributed by atoms with Crippen LogP contribution in [0.1, 0.15) is 17.0 Å². The third kappa shape index (κ3) is 4.19. The maximum atomic E-state index is 14.1. The Bertz CT molecular complexity index is 1350. The van der Waals surface area contributed by atoms with Crippen LogP contribution >= 0.6 is 0 Å². The normalized spacial score (nSPS) is 12.6. The number of halogens is 1. The highest BCUT2D eigenvalue weighted by atomic mass is 32.2. The molecule has 4 aromatic rings. The van der Waals surface area contributed by atoms with Crippen molar-refractivity contribution in [2.75, 3.05) is 20.8 Å². The second-order valence-electron chi connectivity index (χ2n) is 7.24.